The Morgan fingerprint density at radius 1 is 1.12 bits per heavy atom. The maximum atomic E-state index is 13.7. The summed E-state index contributed by atoms with van der Waals surface area (Å²) in [5.41, 5.74) is 0.572. The molecule has 2 heterocycles. The Morgan fingerprint density at radius 3 is 2.62 bits per heavy atom. The van der Waals surface area contributed by atoms with Gasteiger partial charge in [0.2, 0.25) is 0 Å². The lowest BCUT2D eigenvalue weighted by molar-refractivity contribution is 0.356. The average Bonchev–Trinajstić information content (AvgIpc) is 2.60. The van der Waals surface area contributed by atoms with Gasteiger partial charge in [-0.1, -0.05) is 6.07 Å². The van der Waals surface area contributed by atoms with Crippen LogP contribution >= 0.6 is 0 Å². The molecule has 0 spiro atoms. The molecule has 3 N–H and O–H groups in total. The van der Waals surface area contributed by atoms with E-state index in [-0.39, 0.29) is 5.69 Å². The molecule has 1 saturated heterocycles. The van der Waals surface area contributed by atoms with Crippen LogP contribution in [-0.4, -0.2) is 29.6 Å². The van der Waals surface area contributed by atoms with Gasteiger partial charge in [-0.3, -0.25) is 0 Å². The summed E-state index contributed by atoms with van der Waals surface area (Å²) in [5.74, 6) is -0.260. The van der Waals surface area contributed by atoms with Gasteiger partial charge in [-0.25, -0.2) is 18.7 Å². The Hall–Kier alpha value is -2.12. The van der Waals surface area contributed by atoms with E-state index in [1.807, 2.05) is 0 Å². The molecule has 0 unspecified atom stereocenters. The number of benzene rings is 1. The molecule has 128 valence electrons. The summed E-state index contributed by atoms with van der Waals surface area (Å²) >= 11 is 0. The SMILES string of the molecule is Fc1cccc(F)c1Nc1cc(CNCC2CCNCC2)ncn1. The molecule has 1 fully saturated rings. The van der Waals surface area contributed by atoms with Crippen molar-refractivity contribution in [2.75, 3.05) is 25.0 Å². The second-order valence-electron chi connectivity index (χ2n) is 5.94. The van der Waals surface area contributed by atoms with E-state index in [0.717, 1.165) is 25.3 Å². The lowest BCUT2D eigenvalue weighted by Crippen LogP contribution is -2.33. The van der Waals surface area contributed by atoms with E-state index < -0.39 is 11.6 Å². The predicted molar refractivity (Wildman–Crippen MR) is 89.0 cm³/mol. The van der Waals surface area contributed by atoms with Crippen molar-refractivity contribution in [3.05, 3.63) is 47.9 Å². The lowest BCUT2D eigenvalue weighted by atomic mass is 9.98. The van der Waals surface area contributed by atoms with Gasteiger partial charge in [0.15, 0.2) is 0 Å². The first-order chi connectivity index (χ1) is 11.7. The largest absolute Gasteiger partial charge is 0.335 e. The van der Waals surface area contributed by atoms with Gasteiger partial charge in [0.1, 0.15) is 29.5 Å². The number of nitrogens with zero attached hydrogens (tertiary/aromatic N) is 2. The third-order valence-corrected chi connectivity index (χ3v) is 4.14. The van der Waals surface area contributed by atoms with Crippen LogP contribution in [0.1, 0.15) is 18.5 Å². The summed E-state index contributed by atoms with van der Waals surface area (Å²) in [5, 5.41) is 9.42. The molecule has 1 aliphatic heterocycles. The summed E-state index contributed by atoms with van der Waals surface area (Å²) in [4.78, 5) is 8.22. The highest BCUT2D eigenvalue weighted by Crippen LogP contribution is 2.22. The van der Waals surface area contributed by atoms with Crippen LogP contribution in [0.15, 0.2) is 30.6 Å². The molecule has 0 saturated carbocycles. The lowest BCUT2D eigenvalue weighted by Gasteiger charge is -2.22. The fourth-order valence-electron chi connectivity index (χ4n) is 2.80. The molecular weight excluding hydrogens is 312 g/mol. The number of aromatic nitrogens is 2. The number of anilines is 2. The van der Waals surface area contributed by atoms with Gasteiger partial charge in [0.25, 0.3) is 0 Å². The van der Waals surface area contributed by atoms with Crippen molar-refractivity contribution in [2.45, 2.75) is 19.4 Å². The molecule has 1 aromatic carbocycles. The summed E-state index contributed by atoms with van der Waals surface area (Å²) in [7, 11) is 0. The number of rotatable bonds is 6. The van der Waals surface area contributed by atoms with Crippen molar-refractivity contribution in [2.24, 2.45) is 5.92 Å². The van der Waals surface area contributed by atoms with Gasteiger partial charge in [-0.15, -0.1) is 0 Å². The number of halogens is 2. The normalized spacial score (nSPS) is 15.4. The van der Waals surface area contributed by atoms with Crippen LogP contribution in [0, 0.1) is 17.6 Å². The van der Waals surface area contributed by atoms with Gasteiger partial charge in [0, 0.05) is 12.6 Å². The van der Waals surface area contributed by atoms with Crippen LogP contribution in [0.4, 0.5) is 20.3 Å². The average molecular weight is 333 g/mol. The highest BCUT2D eigenvalue weighted by Gasteiger charge is 2.13. The smallest absolute Gasteiger partial charge is 0.149 e. The summed E-state index contributed by atoms with van der Waals surface area (Å²) in [6.07, 6.45) is 3.74. The minimum Gasteiger partial charge on any atom is -0.335 e. The second-order valence-corrected chi connectivity index (χ2v) is 5.94. The molecule has 0 bridgehead atoms. The number of piperidine rings is 1. The molecule has 3 rings (SSSR count). The van der Waals surface area contributed by atoms with Crippen LogP contribution in [-0.2, 0) is 6.54 Å². The van der Waals surface area contributed by atoms with Gasteiger partial charge < -0.3 is 16.0 Å². The molecule has 24 heavy (non-hydrogen) atoms. The van der Waals surface area contributed by atoms with Crippen LogP contribution in [0.2, 0.25) is 0 Å². The van der Waals surface area contributed by atoms with Crippen molar-refractivity contribution in [3.8, 4) is 0 Å². The summed E-state index contributed by atoms with van der Waals surface area (Å²) < 4.78 is 27.4. The third kappa shape index (κ3) is 4.46. The molecule has 0 atom stereocenters. The minimum absolute atomic E-state index is 0.204. The van der Waals surface area contributed by atoms with Crippen molar-refractivity contribution in [1.29, 1.82) is 0 Å². The Kier molecular flexibility index (Phi) is 5.66. The fraction of sp³-hybridized carbons (Fsp3) is 0.412. The van der Waals surface area contributed by atoms with Gasteiger partial charge in [-0.05, 0) is 50.5 Å². The van der Waals surface area contributed by atoms with Crippen LogP contribution in [0.5, 0.6) is 0 Å². The molecule has 1 aromatic heterocycles. The van der Waals surface area contributed by atoms with Crippen molar-refractivity contribution in [1.82, 2.24) is 20.6 Å². The van der Waals surface area contributed by atoms with Crippen molar-refractivity contribution in [3.63, 3.8) is 0 Å². The molecule has 0 amide bonds. The van der Waals surface area contributed by atoms with Crippen molar-refractivity contribution >= 4 is 11.5 Å². The van der Waals surface area contributed by atoms with E-state index in [1.165, 1.54) is 37.4 Å². The first kappa shape index (κ1) is 16.7. The van der Waals surface area contributed by atoms with Crippen molar-refractivity contribution < 1.29 is 8.78 Å². The van der Waals surface area contributed by atoms with E-state index in [4.69, 9.17) is 0 Å². The predicted octanol–water partition coefficient (Wildman–Crippen LogP) is 2.59. The number of nitrogens with one attached hydrogen (secondary N) is 3. The summed E-state index contributed by atoms with van der Waals surface area (Å²) in [6, 6.07) is 5.43. The van der Waals surface area contributed by atoms with Crippen LogP contribution < -0.4 is 16.0 Å². The standard InChI is InChI=1S/C17H21F2N5/c18-14-2-1-3-15(19)17(14)24-16-8-13(22-11-23-16)10-21-9-12-4-6-20-7-5-12/h1-3,8,11-12,20-21H,4-7,9-10H2,(H,22,23,24). The van der Waals surface area contributed by atoms with Gasteiger partial charge >= 0.3 is 0 Å². The molecular formula is C17H21F2N5. The highest BCUT2D eigenvalue weighted by atomic mass is 19.1. The maximum Gasteiger partial charge on any atom is 0.149 e. The fourth-order valence-corrected chi connectivity index (χ4v) is 2.80. The molecule has 0 radical (unpaired) electrons. The van der Waals surface area contributed by atoms with E-state index in [9.17, 15) is 8.78 Å². The Balaban J connectivity index is 1.57. The van der Waals surface area contributed by atoms with Gasteiger partial charge in [-0.2, -0.15) is 0 Å². The zero-order chi connectivity index (χ0) is 16.8. The van der Waals surface area contributed by atoms with E-state index >= 15 is 0 Å². The van der Waals surface area contributed by atoms with E-state index in [1.54, 1.807) is 6.07 Å². The zero-order valence-corrected chi connectivity index (χ0v) is 13.4. The van der Waals surface area contributed by atoms with E-state index in [0.29, 0.717) is 18.3 Å². The number of para-hydroxylation sites is 1. The van der Waals surface area contributed by atoms with Gasteiger partial charge in [0.05, 0.1) is 5.69 Å². The second kappa shape index (κ2) is 8.12. The number of hydrogen-bond acceptors (Lipinski definition) is 5. The maximum absolute atomic E-state index is 13.7. The zero-order valence-electron chi connectivity index (χ0n) is 13.4. The first-order valence-corrected chi connectivity index (χ1v) is 8.16. The Morgan fingerprint density at radius 2 is 1.88 bits per heavy atom. The highest BCUT2D eigenvalue weighted by molar-refractivity contribution is 5.57. The third-order valence-electron chi connectivity index (χ3n) is 4.14. The topological polar surface area (TPSA) is 61.9 Å². The van der Waals surface area contributed by atoms with Crippen LogP contribution in [0.3, 0.4) is 0 Å². The molecule has 0 aliphatic carbocycles. The quantitative estimate of drug-likeness (QED) is 0.758. The summed E-state index contributed by atoms with van der Waals surface area (Å²) in [6.45, 7) is 3.68. The molecule has 5 nitrogen and oxygen atoms in total. The minimum atomic E-state index is -0.654. The number of hydrogen-bond donors (Lipinski definition) is 3. The first-order valence-electron chi connectivity index (χ1n) is 8.16. The molecule has 2 aromatic rings. The van der Waals surface area contributed by atoms with E-state index in [2.05, 4.69) is 25.9 Å². The Labute approximate surface area is 139 Å². The molecule has 7 heteroatoms. The monoisotopic (exact) mass is 333 g/mol. The Bertz CT molecular complexity index is 654. The van der Waals surface area contributed by atoms with Crippen LogP contribution in [0.25, 0.3) is 0 Å². The molecule has 1 aliphatic rings.